The molecule has 1 aromatic heterocycles. The van der Waals surface area contributed by atoms with E-state index in [2.05, 4.69) is 10.3 Å². The number of likely N-dealkylation sites (N-methyl/N-ethyl adjacent to an activating group) is 1. The fourth-order valence-electron chi connectivity index (χ4n) is 2.53. The van der Waals surface area contributed by atoms with E-state index in [9.17, 15) is 13.2 Å². The Hall–Kier alpha value is -2.55. The average Bonchev–Trinajstić information content (AvgIpc) is 3.03. The predicted molar refractivity (Wildman–Crippen MR) is 107 cm³/mol. The van der Waals surface area contributed by atoms with Gasteiger partial charge in [0.1, 0.15) is 0 Å². The summed E-state index contributed by atoms with van der Waals surface area (Å²) in [5, 5.41) is 3.14. The minimum Gasteiger partial charge on any atom is -0.301 e. The van der Waals surface area contributed by atoms with Crippen molar-refractivity contribution in [1.29, 1.82) is 0 Å². The molecule has 27 heavy (non-hydrogen) atoms. The first-order valence-corrected chi connectivity index (χ1v) is 10.5. The lowest BCUT2D eigenvalue weighted by atomic mass is 10.2. The first-order chi connectivity index (χ1) is 12.9. The van der Waals surface area contributed by atoms with Crippen molar-refractivity contribution in [3.63, 3.8) is 0 Å². The Labute approximate surface area is 162 Å². The highest BCUT2D eigenvalue weighted by Gasteiger charge is 2.23. The number of sulfonamides is 1. The van der Waals surface area contributed by atoms with Crippen LogP contribution >= 0.6 is 11.3 Å². The molecule has 0 atom stereocenters. The van der Waals surface area contributed by atoms with Gasteiger partial charge in [0.2, 0.25) is 15.9 Å². The molecule has 0 aliphatic rings. The molecule has 0 bridgehead atoms. The molecule has 8 heteroatoms. The minimum absolute atomic E-state index is 0.150. The summed E-state index contributed by atoms with van der Waals surface area (Å²) in [6.07, 6.45) is 0. The van der Waals surface area contributed by atoms with Crippen molar-refractivity contribution >= 4 is 32.4 Å². The molecule has 140 valence electrons. The van der Waals surface area contributed by atoms with Gasteiger partial charge in [0, 0.05) is 7.05 Å². The molecule has 0 aliphatic carbocycles. The third-order valence-electron chi connectivity index (χ3n) is 3.90. The van der Waals surface area contributed by atoms with E-state index in [0.717, 1.165) is 20.4 Å². The first-order valence-electron chi connectivity index (χ1n) is 8.22. The number of nitrogens with one attached hydrogen (secondary N) is 1. The van der Waals surface area contributed by atoms with Crippen LogP contribution in [0.4, 0.5) is 5.13 Å². The van der Waals surface area contributed by atoms with Crippen LogP contribution in [0.15, 0.2) is 65.6 Å². The van der Waals surface area contributed by atoms with Crippen LogP contribution in [0.3, 0.4) is 0 Å². The lowest BCUT2D eigenvalue weighted by Gasteiger charge is -2.16. The zero-order valence-corrected chi connectivity index (χ0v) is 16.5. The number of carbonyl (C=O) groups is 1. The Kier molecular flexibility index (Phi) is 5.69. The van der Waals surface area contributed by atoms with Gasteiger partial charge >= 0.3 is 0 Å². The standard InChI is InChI=1S/C19H19N3O3S2/c1-14-18(15-9-5-3-6-10-15)26-19(20-14)21-17(23)13-22(2)27(24,25)16-11-7-4-8-12-16/h3-12H,13H2,1-2H3,(H,20,21,23). The van der Waals surface area contributed by atoms with Crippen LogP contribution < -0.4 is 5.32 Å². The molecule has 0 spiro atoms. The Morgan fingerprint density at radius 3 is 2.30 bits per heavy atom. The van der Waals surface area contributed by atoms with E-state index in [1.165, 1.54) is 30.5 Å². The number of benzene rings is 2. The van der Waals surface area contributed by atoms with Crippen molar-refractivity contribution in [3.8, 4) is 10.4 Å². The minimum atomic E-state index is -3.72. The normalized spacial score (nSPS) is 11.5. The summed E-state index contributed by atoms with van der Waals surface area (Å²) in [5.74, 6) is -0.439. The van der Waals surface area contributed by atoms with Gasteiger partial charge in [0.25, 0.3) is 0 Å². The van der Waals surface area contributed by atoms with Crippen molar-refractivity contribution in [2.45, 2.75) is 11.8 Å². The maximum Gasteiger partial charge on any atom is 0.243 e. The van der Waals surface area contributed by atoms with Crippen molar-refractivity contribution in [2.75, 3.05) is 18.9 Å². The Bertz CT molecular complexity index is 1030. The second-order valence-corrected chi connectivity index (χ2v) is 8.97. The van der Waals surface area contributed by atoms with E-state index in [1.54, 1.807) is 18.2 Å². The number of carbonyl (C=O) groups excluding carboxylic acids is 1. The molecule has 1 N–H and O–H groups in total. The van der Waals surface area contributed by atoms with Crippen LogP contribution in [-0.2, 0) is 14.8 Å². The molecule has 1 heterocycles. The number of thiazole rings is 1. The lowest BCUT2D eigenvalue weighted by Crippen LogP contribution is -2.34. The number of hydrogen-bond donors (Lipinski definition) is 1. The van der Waals surface area contributed by atoms with Crippen LogP contribution in [0, 0.1) is 6.92 Å². The van der Waals surface area contributed by atoms with Crippen molar-refractivity contribution in [2.24, 2.45) is 0 Å². The molecule has 0 saturated heterocycles. The largest absolute Gasteiger partial charge is 0.301 e. The fraction of sp³-hybridized carbons (Fsp3) is 0.158. The molecule has 1 amide bonds. The summed E-state index contributed by atoms with van der Waals surface area (Å²) in [4.78, 5) is 17.8. The van der Waals surface area contributed by atoms with Crippen molar-refractivity contribution in [1.82, 2.24) is 9.29 Å². The van der Waals surface area contributed by atoms with Gasteiger partial charge < -0.3 is 5.32 Å². The number of aryl methyl sites for hydroxylation is 1. The first kappa shape index (κ1) is 19.2. The molecule has 0 fully saturated rings. The van der Waals surface area contributed by atoms with Gasteiger partial charge in [-0.2, -0.15) is 4.31 Å². The quantitative estimate of drug-likeness (QED) is 0.687. The fourth-order valence-corrected chi connectivity index (χ4v) is 4.66. The second kappa shape index (κ2) is 7.99. The third kappa shape index (κ3) is 4.41. The van der Waals surface area contributed by atoms with Gasteiger partial charge in [-0.3, -0.25) is 4.79 Å². The van der Waals surface area contributed by atoms with E-state index in [1.807, 2.05) is 37.3 Å². The number of rotatable bonds is 6. The van der Waals surface area contributed by atoms with E-state index in [4.69, 9.17) is 0 Å². The van der Waals surface area contributed by atoms with Crippen molar-refractivity contribution < 1.29 is 13.2 Å². The maximum atomic E-state index is 12.5. The summed E-state index contributed by atoms with van der Waals surface area (Å²) in [6.45, 7) is 1.58. The number of aromatic nitrogens is 1. The van der Waals surface area contributed by atoms with Crippen LogP contribution in [0.1, 0.15) is 5.69 Å². The van der Waals surface area contributed by atoms with E-state index >= 15 is 0 Å². The maximum absolute atomic E-state index is 12.5. The zero-order chi connectivity index (χ0) is 19.4. The number of nitrogens with zero attached hydrogens (tertiary/aromatic N) is 2. The molecule has 2 aromatic carbocycles. The molecule has 0 unspecified atom stereocenters. The Morgan fingerprint density at radius 1 is 1.07 bits per heavy atom. The van der Waals surface area contributed by atoms with Crippen LogP contribution in [0.5, 0.6) is 0 Å². The molecule has 0 radical (unpaired) electrons. The second-order valence-electron chi connectivity index (χ2n) is 5.92. The SMILES string of the molecule is Cc1nc(NC(=O)CN(C)S(=O)(=O)c2ccccc2)sc1-c1ccccc1. The number of amides is 1. The van der Waals surface area contributed by atoms with E-state index in [-0.39, 0.29) is 11.4 Å². The van der Waals surface area contributed by atoms with E-state index < -0.39 is 15.9 Å². The summed E-state index contributed by atoms with van der Waals surface area (Å²) >= 11 is 1.36. The van der Waals surface area contributed by atoms with Gasteiger partial charge in [-0.25, -0.2) is 13.4 Å². The van der Waals surface area contributed by atoms with Gasteiger partial charge in [-0.05, 0) is 24.6 Å². The van der Waals surface area contributed by atoms with Crippen LogP contribution in [0.25, 0.3) is 10.4 Å². The molecule has 6 nitrogen and oxygen atoms in total. The lowest BCUT2D eigenvalue weighted by molar-refractivity contribution is -0.116. The van der Waals surface area contributed by atoms with Gasteiger partial charge in [-0.1, -0.05) is 59.9 Å². The van der Waals surface area contributed by atoms with Gasteiger partial charge in [0.05, 0.1) is 22.0 Å². The van der Waals surface area contributed by atoms with Gasteiger partial charge in [0.15, 0.2) is 5.13 Å². The van der Waals surface area contributed by atoms with Gasteiger partial charge in [-0.15, -0.1) is 0 Å². The number of hydrogen-bond acceptors (Lipinski definition) is 5. The van der Waals surface area contributed by atoms with Crippen molar-refractivity contribution in [3.05, 3.63) is 66.4 Å². The zero-order valence-electron chi connectivity index (χ0n) is 14.9. The smallest absolute Gasteiger partial charge is 0.243 e. The molecule has 0 aliphatic heterocycles. The van der Waals surface area contributed by atoms with Crippen LogP contribution in [0.2, 0.25) is 0 Å². The topological polar surface area (TPSA) is 79.4 Å². The van der Waals surface area contributed by atoms with Crippen LogP contribution in [-0.4, -0.2) is 37.2 Å². The Balaban J connectivity index is 1.70. The summed E-state index contributed by atoms with van der Waals surface area (Å²) < 4.78 is 26.0. The molecule has 3 aromatic rings. The molecule has 3 rings (SSSR count). The summed E-state index contributed by atoms with van der Waals surface area (Å²) in [6, 6.07) is 17.8. The highest BCUT2D eigenvalue weighted by Crippen LogP contribution is 2.32. The third-order valence-corrected chi connectivity index (χ3v) is 6.84. The predicted octanol–water partition coefficient (Wildman–Crippen LogP) is 3.38. The summed E-state index contributed by atoms with van der Waals surface area (Å²) in [5.41, 5.74) is 1.84. The molecule has 0 saturated carbocycles. The molecular weight excluding hydrogens is 382 g/mol. The highest BCUT2D eigenvalue weighted by molar-refractivity contribution is 7.89. The summed E-state index contributed by atoms with van der Waals surface area (Å²) in [7, 11) is -2.34. The highest BCUT2D eigenvalue weighted by atomic mass is 32.2. The average molecular weight is 402 g/mol. The monoisotopic (exact) mass is 401 g/mol. The Morgan fingerprint density at radius 2 is 1.67 bits per heavy atom. The van der Waals surface area contributed by atoms with E-state index in [0.29, 0.717) is 5.13 Å². The number of anilines is 1. The molecular formula is C19H19N3O3S2.